The van der Waals surface area contributed by atoms with E-state index in [2.05, 4.69) is 6.58 Å². The molecule has 3 amide bonds. The number of carbonyl (C=O) groups is 4. The van der Waals surface area contributed by atoms with Crippen LogP contribution in [0.5, 0.6) is 0 Å². The van der Waals surface area contributed by atoms with Crippen molar-refractivity contribution in [1.82, 2.24) is 4.90 Å². The molecule has 216 valence electrons. The van der Waals surface area contributed by atoms with Crippen molar-refractivity contribution in [3.8, 4) is 0 Å². The largest absolute Gasteiger partial charge is 0.441 e. The number of fused-ring (bicyclic) bond motifs is 1. The SMILES string of the molecule is C=CCN1C(=O)[C@](O)([C@H](C)/C=C/CC(=O)N(CCO)Cc2ccccc2)c2cc(N3C(=O)CC3OC(C)=O)ccc21. The molecular formula is C31H35N3O7. The lowest BCUT2D eigenvalue weighted by atomic mass is 9.82. The molecule has 2 aromatic carbocycles. The number of aliphatic hydroxyl groups is 2. The van der Waals surface area contributed by atoms with Crippen molar-refractivity contribution in [3.05, 3.63) is 84.5 Å². The molecule has 10 nitrogen and oxygen atoms in total. The van der Waals surface area contributed by atoms with Gasteiger partial charge in [0.05, 0.1) is 18.7 Å². The first kappa shape index (κ1) is 29.7. The van der Waals surface area contributed by atoms with E-state index in [-0.39, 0.29) is 44.4 Å². The molecule has 0 saturated carbocycles. The van der Waals surface area contributed by atoms with Crippen molar-refractivity contribution in [3.63, 3.8) is 0 Å². The smallest absolute Gasteiger partial charge is 0.304 e. The highest BCUT2D eigenvalue weighted by atomic mass is 16.6. The molecule has 1 fully saturated rings. The second-order valence-electron chi connectivity index (χ2n) is 10.1. The Hall–Kier alpha value is -4.28. The van der Waals surface area contributed by atoms with Gasteiger partial charge in [0.25, 0.3) is 5.91 Å². The highest BCUT2D eigenvalue weighted by molar-refractivity contribution is 6.08. The van der Waals surface area contributed by atoms with Gasteiger partial charge in [-0.25, -0.2) is 0 Å². The number of benzene rings is 2. The van der Waals surface area contributed by atoms with Gasteiger partial charge < -0.3 is 24.7 Å². The van der Waals surface area contributed by atoms with Gasteiger partial charge in [-0.3, -0.25) is 24.1 Å². The summed E-state index contributed by atoms with van der Waals surface area (Å²) in [5.41, 5.74) is 0.130. The van der Waals surface area contributed by atoms with E-state index in [1.54, 1.807) is 48.3 Å². The van der Waals surface area contributed by atoms with Crippen LogP contribution in [0.3, 0.4) is 0 Å². The Kier molecular flexibility index (Phi) is 9.05. The van der Waals surface area contributed by atoms with Gasteiger partial charge in [0.15, 0.2) is 11.8 Å². The van der Waals surface area contributed by atoms with Gasteiger partial charge >= 0.3 is 5.97 Å². The van der Waals surface area contributed by atoms with E-state index in [9.17, 15) is 29.4 Å². The molecule has 1 unspecified atom stereocenters. The predicted octanol–water partition coefficient (Wildman–Crippen LogP) is 2.64. The van der Waals surface area contributed by atoms with Crippen LogP contribution in [0.15, 0.2) is 73.3 Å². The zero-order valence-electron chi connectivity index (χ0n) is 23.2. The van der Waals surface area contributed by atoms with Gasteiger partial charge in [0.2, 0.25) is 11.8 Å². The van der Waals surface area contributed by atoms with Crippen LogP contribution in [-0.2, 0) is 36.1 Å². The fourth-order valence-corrected chi connectivity index (χ4v) is 5.24. The highest BCUT2D eigenvalue weighted by Gasteiger charge is 2.53. The van der Waals surface area contributed by atoms with Gasteiger partial charge in [-0.05, 0) is 23.8 Å². The molecule has 0 radical (unpaired) electrons. The number of rotatable bonds is 12. The standard InChI is InChI=1S/C31H35N3O7/c1-4-15-33-26-14-13-24(34-28(38)19-29(34)41-22(3)36)18-25(26)31(40,30(33)39)21(2)9-8-12-27(37)32(16-17-35)20-23-10-6-5-7-11-23/h4-11,13-14,18,21,29,35,40H,1,12,15-17,19-20H2,2-3H3/b9-8+/t21-,29?,31+/m1/s1. The zero-order valence-corrected chi connectivity index (χ0v) is 23.2. The maximum absolute atomic E-state index is 13.6. The van der Waals surface area contributed by atoms with E-state index in [1.807, 2.05) is 30.3 Å². The minimum absolute atomic E-state index is 0.0110. The lowest BCUT2D eigenvalue weighted by Crippen LogP contribution is -2.55. The monoisotopic (exact) mass is 561 g/mol. The number of hydrogen-bond acceptors (Lipinski definition) is 7. The van der Waals surface area contributed by atoms with Crippen molar-refractivity contribution in [1.29, 1.82) is 0 Å². The second kappa shape index (κ2) is 12.5. The fourth-order valence-electron chi connectivity index (χ4n) is 5.24. The molecule has 2 N–H and O–H groups in total. The summed E-state index contributed by atoms with van der Waals surface area (Å²) in [6.45, 7) is 7.17. The lowest BCUT2D eigenvalue weighted by molar-refractivity contribution is -0.154. The second-order valence-corrected chi connectivity index (χ2v) is 10.1. The molecule has 4 rings (SSSR count). The third kappa shape index (κ3) is 5.94. The van der Waals surface area contributed by atoms with Gasteiger partial charge in [0, 0.05) is 50.1 Å². The van der Waals surface area contributed by atoms with E-state index in [0.717, 1.165) is 5.56 Å². The van der Waals surface area contributed by atoms with Gasteiger partial charge in [-0.1, -0.05) is 55.5 Å². The van der Waals surface area contributed by atoms with Gasteiger partial charge in [-0.2, -0.15) is 0 Å². The van der Waals surface area contributed by atoms with Gasteiger partial charge in [-0.15, -0.1) is 6.58 Å². The summed E-state index contributed by atoms with van der Waals surface area (Å²) in [5.74, 6) is -2.28. The number of anilines is 2. The summed E-state index contributed by atoms with van der Waals surface area (Å²) in [4.78, 5) is 54.7. The minimum Gasteiger partial charge on any atom is -0.441 e. The number of esters is 1. The Bertz CT molecular complexity index is 1360. The highest BCUT2D eigenvalue weighted by Crippen LogP contribution is 2.47. The van der Waals surface area contributed by atoms with Crippen LogP contribution in [0.2, 0.25) is 0 Å². The van der Waals surface area contributed by atoms with E-state index >= 15 is 0 Å². The fraction of sp³-hybridized carbons (Fsp3) is 0.355. The first-order valence-electron chi connectivity index (χ1n) is 13.5. The van der Waals surface area contributed by atoms with Crippen molar-refractivity contribution >= 4 is 35.1 Å². The molecule has 0 aliphatic carbocycles. The predicted molar refractivity (Wildman–Crippen MR) is 152 cm³/mol. The Morgan fingerprint density at radius 1 is 1.22 bits per heavy atom. The van der Waals surface area contributed by atoms with Crippen LogP contribution in [0.25, 0.3) is 0 Å². The van der Waals surface area contributed by atoms with Crippen LogP contribution >= 0.6 is 0 Å². The van der Waals surface area contributed by atoms with Crippen molar-refractivity contribution in [2.45, 2.75) is 45.1 Å². The first-order valence-corrected chi connectivity index (χ1v) is 13.5. The third-order valence-corrected chi connectivity index (χ3v) is 7.37. The molecule has 2 aliphatic rings. The van der Waals surface area contributed by atoms with E-state index in [4.69, 9.17) is 4.74 Å². The molecule has 10 heteroatoms. The molecule has 0 aromatic heterocycles. The first-order chi connectivity index (χ1) is 19.6. The molecule has 2 heterocycles. The summed E-state index contributed by atoms with van der Waals surface area (Å²) < 4.78 is 5.22. The molecular weight excluding hydrogens is 526 g/mol. The van der Waals surface area contributed by atoms with Crippen LogP contribution in [0.4, 0.5) is 11.4 Å². The van der Waals surface area contributed by atoms with Crippen LogP contribution in [0, 0.1) is 5.92 Å². The third-order valence-electron chi connectivity index (χ3n) is 7.37. The number of ether oxygens (including phenoxy) is 1. The van der Waals surface area contributed by atoms with Crippen LogP contribution in [-0.4, -0.2) is 64.7 Å². The molecule has 2 aliphatic heterocycles. The number of amides is 3. The number of β-lactam (4-membered cyclic amide) rings is 1. The molecule has 41 heavy (non-hydrogen) atoms. The Labute approximate surface area is 239 Å². The summed E-state index contributed by atoms with van der Waals surface area (Å²) in [7, 11) is 0. The van der Waals surface area contributed by atoms with Crippen LogP contribution < -0.4 is 9.80 Å². The van der Waals surface area contributed by atoms with Crippen LogP contribution in [0.1, 0.15) is 37.8 Å². The summed E-state index contributed by atoms with van der Waals surface area (Å²) >= 11 is 0. The van der Waals surface area contributed by atoms with E-state index < -0.39 is 29.6 Å². The normalized spacial score (nSPS) is 20.5. The summed E-state index contributed by atoms with van der Waals surface area (Å²) in [6, 6.07) is 14.3. The quantitative estimate of drug-likeness (QED) is 0.232. The van der Waals surface area contributed by atoms with E-state index in [0.29, 0.717) is 23.5 Å². The van der Waals surface area contributed by atoms with Crippen molar-refractivity contribution in [2.75, 3.05) is 29.5 Å². The Balaban J connectivity index is 1.57. The van der Waals surface area contributed by atoms with Crippen molar-refractivity contribution < 1.29 is 34.1 Å². The topological polar surface area (TPSA) is 128 Å². The van der Waals surface area contributed by atoms with Gasteiger partial charge in [0.1, 0.15) is 0 Å². The zero-order chi connectivity index (χ0) is 29.7. The maximum atomic E-state index is 13.6. The molecule has 0 bridgehead atoms. The Morgan fingerprint density at radius 3 is 2.59 bits per heavy atom. The molecule has 1 saturated heterocycles. The molecule has 3 atom stereocenters. The number of nitrogens with zero attached hydrogens (tertiary/aromatic N) is 3. The minimum atomic E-state index is -1.98. The number of carbonyl (C=O) groups excluding carboxylic acids is 4. The number of aliphatic hydroxyl groups excluding tert-OH is 1. The average Bonchev–Trinajstić information content (AvgIpc) is 3.15. The summed E-state index contributed by atoms with van der Waals surface area (Å²) in [6.07, 6.45) is 4.10. The van der Waals surface area contributed by atoms with E-state index in [1.165, 1.54) is 16.7 Å². The van der Waals surface area contributed by atoms with Crippen molar-refractivity contribution in [2.24, 2.45) is 5.92 Å². The average molecular weight is 562 g/mol. The lowest BCUT2D eigenvalue weighted by Gasteiger charge is -2.39. The molecule has 2 aromatic rings. The Morgan fingerprint density at radius 2 is 1.95 bits per heavy atom. The maximum Gasteiger partial charge on any atom is 0.304 e. The molecule has 0 spiro atoms. The number of hydrogen-bond donors (Lipinski definition) is 2. The summed E-state index contributed by atoms with van der Waals surface area (Å²) in [5, 5.41) is 21.4.